The molecule has 1 saturated heterocycles. The van der Waals surface area contributed by atoms with Gasteiger partial charge in [0.15, 0.2) is 0 Å². The Bertz CT molecular complexity index is 422. The molecule has 1 aromatic heterocycles. The van der Waals surface area contributed by atoms with Crippen molar-refractivity contribution in [1.82, 2.24) is 10.3 Å². The molecular weight excluding hydrogens is 234 g/mol. The Morgan fingerprint density at radius 1 is 1.16 bits per heavy atom. The molecule has 0 saturated carbocycles. The standard InChI is InChI=1S/C16H25N3/c1-13-12-17-9-8-14-6-7-15(18-16(13)14)19-10-4-2-3-5-11-19/h6-7,13,17H,2-5,8-12H2,1H3. The number of anilines is 1. The van der Waals surface area contributed by atoms with Gasteiger partial charge in [0, 0.05) is 25.6 Å². The molecule has 3 heteroatoms. The fourth-order valence-corrected chi connectivity index (χ4v) is 3.25. The lowest BCUT2D eigenvalue weighted by Crippen LogP contribution is -2.25. The zero-order valence-electron chi connectivity index (χ0n) is 12.0. The van der Waals surface area contributed by atoms with E-state index in [4.69, 9.17) is 4.98 Å². The number of nitrogens with zero attached hydrogens (tertiary/aromatic N) is 2. The molecule has 104 valence electrons. The predicted molar refractivity (Wildman–Crippen MR) is 79.9 cm³/mol. The first-order chi connectivity index (χ1) is 9.34. The Morgan fingerprint density at radius 2 is 1.95 bits per heavy atom. The number of nitrogens with one attached hydrogen (secondary N) is 1. The van der Waals surface area contributed by atoms with Gasteiger partial charge in [0.25, 0.3) is 0 Å². The fourth-order valence-electron chi connectivity index (χ4n) is 3.25. The highest BCUT2D eigenvalue weighted by Gasteiger charge is 2.18. The average Bonchev–Trinajstić information content (AvgIpc) is 2.80. The van der Waals surface area contributed by atoms with Crippen molar-refractivity contribution >= 4 is 5.82 Å². The molecule has 0 aromatic carbocycles. The molecule has 0 spiro atoms. The van der Waals surface area contributed by atoms with E-state index < -0.39 is 0 Å². The molecule has 2 aliphatic heterocycles. The molecule has 1 fully saturated rings. The highest BCUT2D eigenvalue weighted by atomic mass is 15.2. The van der Waals surface area contributed by atoms with Crippen molar-refractivity contribution in [3.63, 3.8) is 0 Å². The van der Waals surface area contributed by atoms with Crippen LogP contribution in [0.1, 0.15) is 49.8 Å². The molecule has 0 amide bonds. The number of aromatic nitrogens is 1. The van der Waals surface area contributed by atoms with Gasteiger partial charge in [-0.15, -0.1) is 0 Å². The molecule has 3 nitrogen and oxygen atoms in total. The Labute approximate surface area is 116 Å². The van der Waals surface area contributed by atoms with Crippen LogP contribution in [0.2, 0.25) is 0 Å². The van der Waals surface area contributed by atoms with Gasteiger partial charge < -0.3 is 10.2 Å². The third-order valence-electron chi connectivity index (χ3n) is 4.42. The molecule has 1 atom stereocenters. The number of rotatable bonds is 1. The van der Waals surface area contributed by atoms with E-state index in [1.807, 2.05) is 0 Å². The summed E-state index contributed by atoms with van der Waals surface area (Å²) in [6, 6.07) is 4.55. The van der Waals surface area contributed by atoms with Crippen LogP contribution in [0, 0.1) is 0 Å². The molecule has 19 heavy (non-hydrogen) atoms. The molecule has 0 bridgehead atoms. The minimum Gasteiger partial charge on any atom is -0.357 e. The quantitative estimate of drug-likeness (QED) is 0.840. The first kappa shape index (κ1) is 12.9. The van der Waals surface area contributed by atoms with E-state index >= 15 is 0 Å². The molecule has 3 rings (SSSR count). The van der Waals surface area contributed by atoms with Crippen LogP contribution in [0.25, 0.3) is 0 Å². The summed E-state index contributed by atoms with van der Waals surface area (Å²) in [4.78, 5) is 7.49. The number of fused-ring (bicyclic) bond motifs is 1. The second-order valence-electron chi connectivity index (χ2n) is 5.97. The van der Waals surface area contributed by atoms with Gasteiger partial charge in [0.05, 0.1) is 5.69 Å². The van der Waals surface area contributed by atoms with Crippen LogP contribution in [0.5, 0.6) is 0 Å². The van der Waals surface area contributed by atoms with Gasteiger partial charge >= 0.3 is 0 Å². The van der Waals surface area contributed by atoms with Crippen molar-refractivity contribution in [2.45, 2.75) is 44.9 Å². The zero-order valence-corrected chi connectivity index (χ0v) is 12.0. The van der Waals surface area contributed by atoms with Crippen molar-refractivity contribution < 1.29 is 0 Å². The summed E-state index contributed by atoms with van der Waals surface area (Å²) in [7, 11) is 0. The van der Waals surface area contributed by atoms with Gasteiger partial charge in [0.1, 0.15) is 5.82 Å². The topological polar surface area (TPSA) is 28.2 Å². The van der Waals surface area contributed by atoms with Crippen LogP contribution in [0.4, 0.5) is 5.82 Å². The van der Waals surface area contributed by atoms with E-state index in [2.05, 4.69) is 29.3 Å². The number of hydrogen-bond acceptors (Lipinski definition) is 3. The van der Waals surface area contributed by atoms with Crippen LogP contribution in [0.3, 0.4) is 0 Å². The van der Waals surface area contributed by atoms with Crippen LogP contribution in [-0.2, 0) is 6.42 Å². The molecular formula is C16H25N3. The average molecular weight is 259 g/mol. The lowest BCUT2D eigenvalue weighted by molar-refractivity contribution is 0.635. The summed E-state index contributed by atoms with van der Waals surface area (Å²) in [6.07, 6.45) is 6.50. The molecule has 1 aromatic rings. The maximum Gasteiger partial charge on any atom is 0.128 e. The van der Waals surface area contributed by atoms with E-state index in [-0.39, 0.29) is 0 Å². The largest absolute Gasteiger partial charge is 0.357 e. The van der Waals surface area contributed by atoms with Gasteiger partial charge in [-0.05, 0) is 37.4 Å². The Hall–Kier alpha value is -1.09. The third kappa shape index (κ3) is 2.92. The van der Waals surface area contributed by atoms with Crippen molar-refractivity contribution in [3.05, 3.63) is 23.4 Å². The van der Waals surface area contributed by atoms with Crippen LogP contribution in [0.15, 0.2) is 12.1 Å². The summed E-state index contributed by atoms with van der Waals surface area (Å²) < 4.78 is 0. The molecule has 3 heterocycles. The Balaban J connectivity index is 1.86. The summed E-state index contributed by atoms with van der Waals surface area (Å²) in [5.41, 5.74) is 2.77. The number of pyridine rings is 1. The predicted octanol–water partition coefficient (Wildman–Crippen LogP) is 2.71. The summed E-state index contributed by atoms with van der Waals surface area (Å²) >= 11 is 0. The van der Waals surface area contributed by atoms with Gasteiger partial charge in [-0.1, -0.05) is 25.8 Å². The minimum atomic E-state index is 0.532. The van der Waals surface area contributed by atoms with Crippen molar-refractivity contribution in [2.75, 3.05) is 31.1 Å². The molecule has 1 N–H and O–H groups in total. The first-order valence-corrected chi connectivity index (χ1v) is 7.80. The summed E-state index contributed by atoms with van der Waals surface area (Å²) in [5.74, 6) is 1.74. The van der Waals surface area contributed by atoms with E-state index in [0.717, 1.165) is 19.5 Å². The van der Waals surface area contributed by atoms with E-state index in [9.17, 15) is 0 Å². The van der Waals surface area contributed by atoms with E-state index in [1.165, 1.54) is 55.8 Å². The third-order valence-corrected chi connectivity index (χ3v) is 4.42. The monoisotopic (exact) mass is 259 g/mol. The van der Waals surface area contributed by atoms with Crippen LogP contribution < -0.4 is 10.2 Å². The number of hydrogen-bond donors (Lipinski definition) is 1. The Kier molecular flexibility index (Phi) is 4.02. The highest BCUT2D eigenvalue weighted by molar-refractivity contribution is 5.43. The molecule has 0 radical (unpaired) electrons. The van der Waals surface area contributed by atoms with Crippen molar-refractivity contribution in [2.24, 2.45) is 0 Å². The van der Waals surface area contributed by atoms with Crippen LogP contribution >= 0.6 is 0 Å². The smallest absolute Gasteiger partial charge is 0.128 e. The van der Waals surface area contributed by atoms with Crippen molar-refractivity contribution in [1.29, 1.82) is 0 Å². The van der Waals surface area contributed by atoms with Crippen LogP contribution in [-0.4, -0.2) is 31.2 Å². The summed E-state index contributed by atoms with van der Waals surface area (Å²) in [6.45, 7) is 6.79. The second-order valence-corrected chi connectivity index (χ2v) is 5.97. The maximum atomic E-state index is 5.01. The second kappa shape index (κ2) is 5.91. The fraction of sp³-hybridized carbons (Fsp3) is 0.688. The van der Waals surface area contributed by atoms with Gasteiger partial charge in [-0.3, -0.25) is 0 Å². The Morgan fingerprint density at radius 3 is 2.74 bits per heavy atom. The molecule has 1 unspecified atom stereocenters. The van der Waals surface area contributed by atoms with Gasteiger partial charge in [-0.2, -0.15) is 0 Å². The lowest BCUT2D eigenvalue weighted by Gasteiger charge is -2.23. The van der Waals surface area contributed by atoms with Gasteiger partial charge in [-0.25, -0.2) is 4.98 Å². The maximum absolute atomic E-state index is 5.01. The first-order valence-electron chi connectivity index (χ1n) is 7.80. The highest BCUT2D eigenvalue weighted by Crippen LogP contribution is 2.25. The summed E-state index contributed by atoms with van der Waals surface area (Å²) in [5, 5.41) is 3.50. The van der Waals surface area contributed by atoms with Crippen molar-refractivity contribution in [3.8, 4) is 0 Å². The normalized spacial score (nSPS) is 24.5. The molecule has 0 aliphatic carbocycles. The SMILES string of the molecule is CC1CNCCc2ccc(N3CCCCCC3)nc21. The zero-order chi connectivity index (χ0) is 13.1. The molecule has 2 aliphatic rings. The van der Waals surface area contributed by atoms with Gasteiger partial charge in [0.2, 0.25) is 0 Å². The van der Waals surface area contributed by atoms with E-state index in [1.54, 1.807) is 0 Å². The lowest BCUT2D eigenvalue weighted by atomic mass is 10.0. The minimum absolute atomic E-state index is 0.532. The van der Waals surface area contributed by atoms with E-state index in [0.29, 0.717) is 5.92 Å².